The third-order valence-corrected chi connectivity index (χ3v) is 1.78. The summed E-state index contributed by atoms with van der Waals surface area (Å²) in [7, 11) is 0. The van der Waals surface area contributed by atoms with Crippen molar-refractivity contribution >= 4 is 11.3 Å². The summed E-state index contributed by atoms with van der Waals surface area (Å²) in [5.74, 6) is 0. The van der Waals surface area contributed by atoms with Crippen LogP contribution in [0, 0.1) is 6.92 Å². The fourth-order valence-corrected chi connectivity index (χ4v) is 1.16. The van der Waals surface area contributed by atoms with Crippen molar-refractivity contribution in [3.05, 3.63) is 16.1 Å². The first-order chi connectivity index (χ1) is 3.83. The van der Waals surface area contributed by atoms with Crippen molar-refractivity contribution in [2.24, 2.45) is 5.73 Å². The lowest BCUT2D eigenvalue weighted by molar-refractivity contribution is 1.04. The highest BCUT2D eigenvalue weighted by molar-refractivity contribution is 7.11. The molecule has 0 spiro atoms. The third-order valence-electron chi connectivity index (χ3n) is 0.844. The van der Waals surface area contributed by atoms with Crippen LogP contribution in [0.1, 0.15) is 9.88 Å². The van der Waals surface area contributed by atoms with Crippen molar-refractivity contribution < 1.29 is 0 Å². The standard InChI is InChI=1S/C5H8N2S/c1-4-3-7-5(2-6)8-4/h3H,2,6H2,1H3. The lowest BCUT2D eigenvalue weighted by Crippen LogP contribution is -1.93. The van der Waals surface area contributed by atoms with Crippen molar-refractivity contribution in [1.82, 2.24) is 4.98 Å². The summed E-state index contributed by atoms with van der Waals surface area (Å²) in [6, 6.07) is 0. The number of nitrogens with two attached hydrogens (primary N) is 1. The Morgan fingerprint density at radius 2 is 2.62 bits per heavy atom. The maximum absolute atomic E-state index is 5.31. The number of aryl methyl sites for hydroxylation is 1. The molecule has 2 nitrogen and oxygen atoms in total. The zero-order chi connectivity index (χ0) is 5.98. The molecule has 44 valence electrons. The van der Waals surface area contributed by atoms with E-state index in [1.807, 2.05) is 13.1 Å². The summed E-state index contributed by atoms with van der Waals surface area (Å²) in [6.07, 6.45) is 1.84. The topological polar surface area (TPSA) is 38.9 Å². The van der Waals surface area contributed by atoms with Crippen molar-refractivity contribution in [1.29, 1.82) is 0 Å². The summed E-state index contributed by atoms with van der Waals surface area (Å²) in [5.41, 5.74) is 5.31. The Kier molecular flexibility index (Phi) is 1.60. The maximum atomic E-state index is 5.31. The molecule has 0 fully saturated rings. The van der Waals surface area contributed by atoms with Crippen LogP contribution in [-0.4, -0.2) is 4.98 Å². The fraction of sp³-hybridized carbons (Fsp3) is 0.400. The van der Waals surface area contributed by atoms with Crippen LogP contribution < -0.4 is 5.73 Å². The molecule has 1 rings (SSSR count). The van der Waals surface area contributed by atoms with Crippen LogP contribution >= 0.6 is 11.3 Å². The van der Waals surface area contributed by atoms with Crippen LogP contribution in [0.25, 0.3) is 0 Å². The predicted octanol–water partition coefficient (Wildman–Crippen LogP) is 0.910. The normalized spacial score (nSPS) is 9.75. The van der Waals surface area contributed by atoms with E-state index in [1.54, 1.807) is 11.3 Å². The molecule has 0 aliphatic heterocycles. The Bertz CT molecular complexity index is 171. The minimum atomic E-state index is 0.568. The molecule has 0 saturated heterocycles. The second kappa shape index (κ2) is 2.24. The van der Waals surface area contributed by atoms with E-state index < -0.39 is 0 Å². The quantitative estimate of drug-likeness (QED) is 0.610. The van der Waals surface area contributed by atoms with E-state index in [2.05, 4.69) is 4.98 Å². The van der Waals surface area contributed by atoms with Crippen LogP contribution in [0.15, 0.2) is 6.20 Å². The Hall–Kier alpha value is -0.410. The highest BCUT2D eigenvalue weighted by Gasteiger charge is 1.91. The number of aromatic nitrogens is 1. The molecular formula is C5H8N2S. The van der Waals surface area contributed by atoms with E-state index in [4.69, 9.17) is 5.73 Å². The highest BCUT2D eigenvalue weighted by atomic mass is 32.1. The Labute approximate surface area is 52.4 Å². The number of rotatable bonds is 1. The number of hydrogen-bond donors (Lipinski definition) is 1. The predicted molar refractivity (Wildman–Crippen MR) is 34.7 cm³/mol. The molecule has 0 unspecified atom stereocenters. The van der Waals surface area contributed by atoms with Gasteiger partial charge in [-0.15, -0.1) is 11.3 Å². The van der Waals surface area contributed by atoms with Crippen molar-refractivity contribution in [2.75, 3.05) is 0 Å². The van der Waals surface area contributed by atoms with Gasteiger partial charge in [0.2, 0.25) is 0 Å². The van der Waals surface area contributed by atoms with Crippen LogP contribution in [0.4, 0.5) is 0 Å². The molecule has 2 N–H and O–H groups in total. The Morgan fingerprint density at radius 1 is 1.88 bits per heavy atom. The van der Waals surface area contributed by atoms with Gasteiger partial charge >= 0.3 is 0 Å². The van der Waals surface area contributed by atoms with E-state index in [1.165, 1.54) is 4.88 Å². The molecule has 3 heteroatoms. The molecule has 0 amide bonds. The van der Waals surface area contributed by atoms with Gasteiger partial charge in [0.05, 0.1) is 0 Å². The van der Waals surface area contributed by atoms with E-state index in [-0.39, 0.29) is 0 Å². The maximum Gasteiger partial charge on any atom is 0.106 e. The van der Waals surface area contributed by atoms with Gasteiger partial charge in [-0.3, -0.25) is 0 Å². The molecule has 0 bridgehead atoms. The number of thiazole rings is 1. The molecule has 0 radical (unpaired) electrons. The van der Waals surface area contributed by atoms with Gasteiger partial charge in [0.1, 0.15) is 5.01 Å². The molecule has 0 saturated carbocycles. The lowest BCUT2D eigenvalue weighted by atomic mass is 10.6. The molecule has 1 heterocycles. The molecular weight excluding hydrogens is 120 g/mol. The first kappa shape index (κ1) is 5.72. The van der Waals surface area contributed by atoms with E-state index in [0.717, 1.165) is 5.01 Å². The van der Waals surface area contributed by atoms with Gasteiger partial charge in [0.15, 0.2) is 0 Å². The lowest BCUT2D eigenvalue weighted by Gasteiger charge is -1.79. The minimum absolute atomic E-state index is 0.568. The van der Waals surface area contributed by atoms with Crippen LogP contribution in [0.2, 0.25) is 0 Å². The van der Waals surface area contributed by atoms with Gasteiger partial charge in [-0.05, 0) is 6.92 Å². The first-order valence-corrected chi connectivity index (χ1v) is 3.26. The Balaban J connectivity index is 2.84. The van der Waals surface area contributed by atoms with E-state index >= 15 is 0 Å². The monoisotopic (exact) mass is 128 g/mol. The van der Waals surface area contributed by atoms with E-state index in [0.29, 0.717) is 6.54 Å². The summed E-state index contributed by atoms with van der Waals surface area (Å²) in [6.45, 7) is 2.59. The van der Waals surface area contributed by atoms with Crippen LogP contribution in [-0.2, 0) is 6.54 Å². The highest BCUT2D eigenvalue weighted by Crippen LogP contribution is 2.08. The second-order valence-electron chi connectivity index (χ2n) is 1.57. The number of hydrogen-bond acceptors (Lipinski definition) is 3. The molecule has 1 aromatic rings. The zero-order valence-corrected chi connectivity index (χ0v) is 5.53. The van der Waals surface area contributed by atoms with Crippen molar-refractivity contribution in [2.45, 2.75) is 13.5 Å². The first-order valence-electron chi connectivity index (χ1n) is 2.44. The zero-order valence-electron chi connectivity index (χ0n) is 4.72. The molecule has 0 aliphatic rings. The molecule has 0 atom stereocenters. The average Bonchev–Trinajstić information content (AvgIpc) is 2.14. The molecule has 0 aliphatic carbocycles. The summed E-state index contributed by atoms with van der Waals surface area (Å²) < 4.78 is 0. The molecule has 0 aromatic carbocycles. The van der Waals surface area contributed by atoms with Gasteiger partial charge < -0.3 is 5.73 Å². The van der Waals surface area contributed by atoms with E-state index in [9.17, 15) is 0 Å². The van der Waals surface area contributed by atoms with Crippen LogP contribution in [0.3, 0.4) is 0 Å². The second-order valence-corrected chi connectivity index (χ2v) is 2.89. The van der Waals surface area contributed by atoms with Gasteiger partial charge in [-0.25, -0.2) is 4.98 Å². The fourth-order valence-electron chi connectivity index (χ4n) is 0.496. The summed E-state index contributed by atoms with van der Waals surface area (Å²) in [5, 5.41) is 1.02. The summed E-state index contributed by atoms with van der Waals surface area (Å²) in [4.78, 5) is 5.26. The molecule has 8 heavy (non-hydrogen) atoms. The largest absolute Gasteiger partial charge is 0.325 e. The number of nitrogens with zero attached hydrogens (tertiary/aromatic N) is 1. The Morgan fingerprint density at radius 3 is 2.88 bits per heavy atom. The molecule has 1 aromatic heterocycles. The SMILES string of the molecule is Cc1cnc(CN)s1. The van der Waals surface area contributed by atoms with Gasteiger partial charge in [-0.1, -0.05) is 0 Å². The van der Waals surface area contributed by atoms with Crippen molar-refractivity contribution in [3.63, 3.8) is 0 Å². The van der Waals surface area contributed by atoms with Crippen molar-refractivity contribution in [3.8, 4) is 0 Å². The van der Waals surface area contributed by atoms with Gasteiger partial charge in [-0.2, -0.15) is 0 Å². The van der Waals surface area contributed by atoms with Crippen LogP contribution in [0.5, 0.6) is 0 Å². The minimum Gasteiger partial charge on any atom is -0.325 e. The summed E-state index contributed by atoms with van der Waals surface area (Å²) >= 11 is 1.65. The third kappa shape index (κ3) is 1.05. The average molecular weight is 128 g/mol. The smallest absolute Gasteiger partial charge is 0.106 e. The van der Waals surface area contributed by atoms with Gasteiger partial charge in [0, 0.05) is 17.6 Å². The van der Waals surface area contributed by atoms with Gasteiger partial charge in [0.25, 0.3) is 0 Å².